The minimum Gasteiger partial charge on any atom is -0.456 e. The fraction of sp³-hybridized carbons (Fsp3) is 0.400. The van der Waals surface area contributed by atoms with E-state index < -0.39 is 24.2 Å². The molecule has 7 rings (SSSR count). The first-order valence-electron chi connectivity index (χ1n) is 22.2. The minimum atomic E-state index is -0.573. The van der Waals surface area contributed by atoms with E-state index in [0.717, 1.165) is 60.6 Å². The van der Waals surface area contributed by atoms with E-state index in [-0.39, 0.29) is 35.7 Å². The van der Waals surface area contributed by atoms with Gasteiger partial charge in [-0.15, -0.1) is 0 Å². The van der Waals surface area contributed by atoms with Crippen LogP contribution in [0.3, 0.4) is 0 Å². The monoisotopic (exact) mass is 824 g/mol. The molecule has 2 fully saturated rings. The smallest absolute Gasteiger partial charge is 0.247 e. The van der Waals surface area contributed by atoms with E-state index in [4.69, 9.17) is 4.42 Å². The first kappa shape index (κ1) is 43.3. The van der Waals surface area contributed by atoms with Gasteiger partial charge >= 0.3 is 0 Å². The second-order valence-electron chi connectivity index (χ2n) is 16.3. The van der Waals surface area contributed by atoms with Crippen molar-refractivity contribution in [2.24, 2.45) is 0 Å². The number of fused-ring (bicyclic) bond motifs is 1. The van der Waals surface area contributed by atoms with Crippen LogP contribution in [-0.2, 0) is 19.2 Å². The highest BCUT2D eigenvalue weighted by Gasteiger charge is 2.39. The number of amides is 4. The highest BCUT2D eigenvalue weighted by molar-refractivity contribution is 6.00. The molecular weight excluding hydrogens is 765 g/mol. The molecule has 1 aromatic heterocycles. The maximum atomic E-state index is 14.1. The van der Waals surface area contributed by atoms with Gasteiger partial charge in [0.1, 0.15) is 35.5 Å². The molecule has 1 unspecified atom stereocenters. The van der Waals surface area contributed by atoms with Gasteiger partial charge in [-0.25, -0.2) is 0 Å². The predicted molar refractivity (Wildman–Crippen MR) is 242 cm³/mol. The number of likely N-dealkylation sites (tertiary alicyclic amines) is 2. The van der Waals surface area contributed by atoms with Gasteiger partial charge in [0.15, 0.2) is 0 Å². The van der Waals surface area contributed by atoms with E-state index in [1.807, 2.05) is 109 Å². The standard InChI is InChI=1S/C50H60N6O5/c1-5-37(6-2)51-45(34-17-11-9-12-18-34)49(59)55-29-15-21-41(55)47(57)53-39-25-23-33(24-26-39)44-32-36-31-40(27-28-43(36)61-44)54-48(58)42-22-16-30-56(42)50(60)46(52-38(7-3)8-4)35-19-13-10-14-20-35/h9-14,17-20,23-28,31-32,37-38,41-42,45-46,51-52H,5-8,15-16,21-22,29-30H2,1-4H3,(H,53,57)(H,54,58)/t41-,42?,45+,46-/m0/s1. The number of anilines is 2. The fourth-order valence-corrected chi connectivity index (χ4v) is 8.80. The lowest BCUT2D eigenvalue weighted by Gasteiger charge is -2.31. The average Bonchev–Trinajstić information content (AvgIpc) is 4.09. The van der Waals surface area contributed by atoms with Crippen LogP contribution in [0.4, 0.5) is 11.4 Å². The van der Waals surface area contributed by atoms with Crippen LogP contribution in [-0.4, -0.2) is 70.7 Å². The Bertz CT molecular complexity index is 2250. The maximum Gasteiger partial charge on any atom is 0.247 e. The van der Waals surface area contributed by atoms with E-state index in [1.54, 1.807) is 9.80 Å². The number of benzene rings is 4. The van der Waals surface area contributed by atoms with Crippen molar-refractivity contribution in [1.82, 2.24) is 20.4 Å². The van der Waals surface area contributed by atoms with E-state index in [9.17, 15) is 19.2 Å². The number of carbonyl (C=O) groups is 4. The van der Waals surface area contributed by atoms with Gasteiger partial charge in [-0.2, -0.15) is 0 Å². The summed E-state index contributed by atoms with van der Waals surface area (Å²) in [5, 5.41) is 14.1. The maximum absolute atomic E-state index is 14.1. The van der Waals surface area contributed by atoms with Gasteiger partial charge in [0.25, 0.3) is 0 Å². The first-order chi connectivity index (χ1) is 29.7. The molecule has 4 amide bonds. The zero-order chi connectivity index (χ0) is 42.9. The number of hydrogen-bond acceptors (Lipinski definition) is 7. The van der Waals surface area contributed by atoms with Gasteiger partial charge in [-0.1, -0.05) is 88.4 Å². The summed E-state index contributed by atoms with van der Waals surface area (Å²) in [6.45, 7) is 9.52. The molecule has 2 aliphatic heterocycles. The van der Waals surface area contributed by atoms with Crippen molar-refractivity contribution in [2.75, 3.05) is 23.7 Å². The van der Waals surface area contributed by atoms with Gasteiger partial charge in [0.05, 0.1) is 0 Å². The topological polar surface area (TPSA) is 136 Å². The summed E-state index contributed by atoms with van der Waals surface area (Å²) in [6.07, 6.45) is 6.32. The molecular formula is C50H60N6O5. The van der Waals surface area contributed by atoms with Crippen LogP contribution < -0.4 is 21.3 Å². The van der Waals surface area contributed by atoms with Gasteiger partial charge in [0.2, 0.25) is 23.6 Å². The molecule has 0 aliphatic carbocycles. The van der Waals surface area contributed by atoms with Crippen molar-refractivity contribution < 1.29 is 23.6 Å². The molecule has 4 N–H and O–H groups in total. The molecule has 3 heterocycles. The van der Waals surface area contributed by atoms with Crippen molar-refractivity contribution in [1.29, 1.82) is 0 Å². The second kappa shape index (κ2) is 20.2. The van der Waals surface area contributed by atoms with E-state index in [1.165, 1.54) is 0 Å². The van der Waals surface area contributed by atoms with Gasteiger partial charge in [-0.05, 0) is 111 Å². The molecule has 11 heteroatoms. The normalized spacial score (nSPS) is 17.5. The molecule has 0 radical (unpaired) electrons. The minimum absolute atomic E-state index is 0.0771. The Morgan fingerprint density at radius 2 is 1.05 bits per heavy atom. The molecule has 2 aliphatic rings. The molecule has 4 aromatic carbocycles. The van der Waals surface area contributed by atoms with E-state index >= 15 is 0 Å². The zero-order valence-electron chi connectivity index (χ0n) is 35.9. The van der Waals surface area contributed by atoms with Gasteiger partial charge in [-0.3, -0.25) is 29.8 Å². The molecule has 11 nitrogen and oxygen atoms in total. The van der Waals surface area contributed by atoms with Crippen molar-refractivity contribution in [3.63, 3.8) is 0 Å². The van der Waals surface area contributed by atoms with Crippen LogP contribution in [0.25, 0.3) is 22.3 Å². The summed E-state index contributed by atoms with van der Waals surface area (Å²) in [6, 6.07) is 32.6. The summed E-state index contributed by atoms with van der Waals surface area (Å²) in [5.74, 6) is 0.0762. The Balaban J connectivity index is 0.991. The lowest BCUT2D eigenvalue weighted by atomic mass is 10.0. The molecule has 320 valence electrons. The Labute approximate surface area is 359 Å². The largest absolute Gasteiger partial charge is 0.456 e. The molecule has 61 heavy (non-hydrogen) atoms. The zero-order valence-corrected chi connectivity index (χ0v) is 35.9. The molecule has 0 spiro atoms. The molecule has 2 saturated heterocycles. The molecule has 0 bridgehead atoms. The third-order valence-electron chi connectivity index (χ3n) is 12.4. The quantitative estimate of drug-likeness (QED) is 0.0735. The summed E-state index contributed by atoms with van der Waals surface area (Å²) in [4.78, 5) is 59.1. The van der Waals surface area contributed by atoms with Crippen LogP contribution >= 0.6 is 0 Å². The Kier molecular flexibility index (Phi) is 14.3. The van der Waals surface area contributed by atoms with E-state index in [0.29, 0.717) is 48.6 Å². The van der Waals surface area contributed by atoms with Crippen LogP contribution in [0.1, 0.15) is 102 Å². The van der Waals surface area contributed by atoms with Crippen LogP contribution in [0.15, 0.2) is 114 Å². The number of furan rings is 1. The highest BCUT2D eigenvalue weighted by atomic mass is 16.3. The molecule has 4 atom stereocenters. The third kappa shape index (κ3) is 10.1. The second-order valence-corrected chi connectivity index (χ2v) is 16.3. The summed E-state index contributed by atoms with van der Waals surface area (Å²) < 4.78 is 6.22. The average molecular weight is 825 g/mol. The van der Waals surface area contributed by atoms with Crippen molar-refractivity contribution >= 4 is 46.0 Å². The Morgan fingerprint density at radius 3 is 1.52 bits per heavy atom. The predicted octanol–water partition coefficient (Wildman–Crippen LogP) is 9.00. The highest BCUT2D eigenvalue weighted by Crippen LogP contribution is 2.32. The van der Waals surface area contributed by atoms with Crippen LogP contribution in [0.5, 0.6) is 0 Å². The first-order valence-corrected chi connectivity index (χ1v) is 22.2. The SMILES string of the molecule is CCC(CC)N[C@H](C(=O)N1CCCC1C(=O)Nc1ccc2oc(-c3ccc(NC(=O)[C@@H]4CCCN4C(=O)[C@H](NC(CC)CC)c4ccccc4)cc3)cc2c1)c1ccccc1. The summed E-state index contributed by atoms with van der Waals surface area (Å²) >= 11 is 0. The number of nitrogens with zero attached hydrogens (tertiary/aromatic N) is 2. The number of rotatable bonds is 17. The van der Waals surface area contributed by atoms with Crippen molar-refractivity contribution in [3.8, 4) is 11.3 Å². The lowest BCUT2D eigenvalue weighted by Crippen LogP contribution is -2.49. The van der Waals surface area contributed by atoms with Crippen molar-refractivity contribution in [3.05, 3.63) is 120 Å². The summed E-state index contributed by atoms with van der Waals surface area (Å²) in [5.41, 5.74) is 4.54. The number of carbonyl (C=O) groups excluding carboxylic acids is 4. The van der Waals surface area contributed by atoms with E-state index in [2.05, 4.69) is 49.0 Å². The Hall–Kier alpha value is -5.78. The third-order valence-corrected chi connectivity index (χ3v) is 12.4. The fourth-order valence-electron chi connectivity index (χ4n) is 8.80. The van der Waals surface area contributed by atoms with Gasteiger partial charge < -0.3 is 24.9 Å². The summed E-state index contributed by atoms with van der Waals surface area (Å²) in [7, 11) is 0. The molecule has 0 saturated carbocycles. The van der Waals surface area contributed by atoms with Gasteiger partial charge in [0, 0.05) is 47.5 Å². The lowest BCUT2D eigenvalue weighted by molar-refractivity contribution is -0.139. The van der Waals surface area contributed by atoms with Crippen LogP contribution in [0.2, 0.25) is 0 Å². The molecule has 5 aromatic rings. The number of nitrogens with one attached hydrogen (secondary N) is 4. The number of hydrogen-bond donors (Lipinski definition) is 4. The van der Waals surface area contributed by atoms with Crippen LogP contribution in [0, 0.1) is 0 Å². The Morgan fingerprint density at radius 1 is 0.590 bits per heavy atom. The van der Waals surface area contributed by atoms with Crippen molar-refractivity contribution in [2.45, 2.75) is 115 Å².